The topological polar surface area (TPSA) is 50.1 Å². The lowest BCUT2D eigenvalue weighted by atomic mass is 9.99. The van der Waals surface area contributed by atoms with Gasteiger partial charge in [-0.05, 0) is 43.5 Å². The molecule has 0 N–H and O–H groups in total. The summed E-state index contributed by atoms with van der Waals surface area (Å²) in [6.07, 6.45) is 0.489. The number of rotatable bonds is 6. The first-order chi connectivity index (χ1) is 9.37. The maximum absolute atomic E-state index is 12.2. The Morgan fingerprint density at radius 3 is 2.50 bits per heavy atom. The van der Waals surface area contributed by atoms with Crippen molar-refractivity contribution in [1.29, 1.82) is 5.26 Å². The Morgan fingerprint density at radius 2 is 2.00 bits per heavy atom. The van der Waals surface area contributed by atoms with E-state index in [2.05, 4.69) is 0 Å². The van der Waals surface area contributed by atoms with Crippen molar-refractivity contribution < 1.29 is 9.53 Å². The molecule has 0 aromatic heterocycles. The van der Waals surface area contributed by atoms with Crippen LogP contribution < -0.4 is 0 Å². The molecular formula is C16H21NO2S. The van der Waals surface area contributed by atoms with Crippen LogP contribution in [0.15, 0.2) is 24.3 Å². The predicted molar refractivity (Wildman–Crippen MR) is 82.3 cm³/mol. The lowest BCUT2D eigenvalue weighted by Gasteiger charge is -2.24. The molecule has 0 aliphatic rings. The van der Waals surface area contributed by atoms with Crippen LogP contribution in [0.4, 0.5) is 0 Å². The van der Waals surface area contributed by atoms with Crippen LogP contribution in [0.2, 0.25) is 0 Å². The first kappa shape index (κ1) is 16.6. The van der Waals surface area contributed by atoms with Crippen LogP contribution in [-0.4, -0.2) is 17.3 Å². The van der Waals surface area contributed by atoms with E-state index in [-0.39, 0.29) is 11.9 Å². The van der Waals surface area contributed by atoms with E-state index in [0.717, 1.165) is 17.3 Å². The van der Waals surface area contributed by atoms with Gasteiger partial charge in [-0.1, -0.05) is 43.7 Å². The number of carbonyl (C=O) groups excluding carboxylic acids is 1. The van der Waals surface area contributed by atoms with E-state index in [1.807, 2.05) is 50.4 Å². The minimum Gasteiger partial charge on any atom is -0.464 e. The van der Waals surface area contributed by atoms with Crippen molar-refractivity contribution in [2.24, 2.45) is 5.92 Å². The number of esters is 1. The van der Waals surface area contributed by atoms with Gasteiger partial charge in [0.25, 0.3) is 0 Å². The Hall–Kier alpha value is -1.47. The maximum atomic E-state index is 12.2. The fraction of sp³-hybridized carbons (Fsp3) is 0.500. The number of nitriles is 1. The smallest absolute Gasteiger partial charge is 0.323 e. The monoisotopic (exact) mass is 291 g/mol. The summed E-state index contributed by atoms with van der Waals surface area (Å²) in [6, 6.07) is 7.99. The second-order valence-electron chi connectivity index (χ2n) is 5.58. The molecule has 4 heteroatoms. The van der Waals surface area contributed by atoms with Gasteiger partial charge in [-0.2, -0.15) is 5.26 Å². The number of thioether (sulfide) groups is 1. The fourth-order valence-corrected chi connectivity index (χ4v) is 2.32. The zero-order valence-electron chi connectivity index (χ0n) is 12.5. The summed E-state index contributed by atoms with van der Waals surface area (Å²) in [6.45, 7) is 8.14. The number of ether oxygens (including phenoxy) is 1. The average molecular weight is 291 g/mol. The van der Waals surface area contributed by atoms with E-state index < -0.39 is 4.75 Å². The predicted octanol–water partition coefficient (Wildman–Crippen LogP) is 3.71. The molecule has 0 saturated heterocycles. The van der Waals surface area contributed by atoms with E-state index in [1.165, 1.54) is 5.56 Å². The fourth-order valence-electron chi connectivity index (χ4n) is 1.74. The van der Waals surface area contributed by atoms with Gasteiger partial charge in [-0.3, -0.25) is 4.79 Å². The second-order valence-corrected chi connectivity index (χ2v) is 6.87. The number of hydrogen-bond donors (Lipinski definition) is 0. The van der Waals surface area contributed by atoms with Gasteiger partial charge in [0.2, 0.25) is 0 Å². The lowest BCUT2D eigenvalue weighted by Crippen LogP contribution is -2.36. The van der Waals surface area contributed by atoms with E-state index in [0.29, 0.717) is 13.0 Å². The van der Waals surface area contributed by atoms with Crippen molar-refractivity contribution in [3.8, 4) is 5.40 Å². The highest BCUT2D eigenvalue weighted by atomic mass is 32.2. The molecule has 0 spiro atoms. The highest BCUT2D eigenvalue weighted by Crippen LogP contribution is 2.30. The third kappa shape index (κ3) is 4.90. The van der Waals surface area contributed by atoms with Crippen LogP contribution in [0.5, 0.6) is 0 Å². The number of hydrogen-bond acceptors (Lipinski definition) is 4. The Balaban J connectivity index is 2.82. The van der Waals surface area contributed by atoms with Crippen molar-refractivity contribution in [3.05, 3.63) is 35.4 Å². The molecule has 0 heterocycles. The number of nitrogens with zero attached hydrogens (tertiary/aromatic N) is 1. The van der Waals surface area contributed by atoms with Gasteiger partial charge < -0.3 is 4.74 Å². The highest BCUT2D eigenvalue weighted by molar-refractivity contribution is 8.05. The molecule has 0 radical (unpaired) electrons. The van der Waals surface area contributed by atoms with Gasteiger partial charge in [0.05, 0.1) is 6.61 Å². The number of benzene rings is 1. The highest BCUT2D eigenvalue weighted by Gasteiger charge is 2.36. The van der Waals surface area contributed by atoms with Gasteiger partial charge in [0.15, 0.2) is 0 Å². The van der Waals surface area contributed by atoms with Gasteiger partial charge in [0, 0.05) is 0 Å². The zero-order valence-corrected chi connectivity index (χ0v) is 13.3. The summed E-state index contributed by atoms with van der Waals surface area (Å²) in [4.78, 5) is 12.2. The minimum absolute atomic E-state index is 0.287. The molecule has 1 aromatic rings. The third-order valence-electron chi connectivity index (χ3n) is 2.91. The summed E-state index contributed by atoms with van der Waals surface area (Å²) in [5, 5.41) is 11.0. The number of thiocyanates is 1. The molecule has 0 unspecified atom stereocenters. The molecule has 1 aromatic carbocycles. The minimum atomic E-state index is -0.862. The molecule has 1 atom stereocenters. The van der Waals surface area contributed by atoms with Crippen molar-refractivity contribution in [2.45, 2.75) is 38.9 Å². The third-order valence-corrected chi connectivity index (χ3v) is 3.77. The standard InChI is InChI=1S/C16H21NO2S/c1-12(2)10-19-15(18)16(4,20-11-17)9-14-7-5-13(3)6-8-14/h5-8,12H,9-10H2,1-4H3/t16-/m0/s1. The molecule has 0 fully saturated rings. The van der Waals surface area contributed by atoms with E-state index in [1.54, 1.807) is 6.92 Å². The first-order valence-corrected chi connectivity index (χ1v) is 7.49. The van der Waals surface area contributed by atoms with Crippen molar-refractivity contribution in [2.75, 3.05) is 6.61 Å². The zero-order chi connectivity index (χ0) is 15.2. The Kier molecular flexibility index (Phi) is 6.09. The van der Waals surface area contributed by atoms with Crippen LogP contribution in [0, 0.1) is 23.5 Å². The van der Waals surface area contributed by atoms with E-state index in [4.69, 9.17) is 10.00 Å². The summed E-state index contributed by atoms with van der Waals surface area (Å²) in [5.41, 5.74) is 2.20. The first-order valence-electron chi connectivity index (χ1n) is 6.67. The summed E-state index contributed by atoms with van der Waals surface area (Å²) >= 11 is 0.969. The normalized spacial score (nSPS) is 13.6. The number of aryl methyl sites for hydroxylation is 1. The van der Waals surface area contributed by atoms with Crippen LogP contribution in [0.1, 0.15) is 31.9 Å². The molecule has 1 rings (SSSR count). The summed E-state index contributed by atoms with van der Waals surface area (Å²) < 4.78 is 4.44. The number of carbonyl (C=O) groups is 1. The molecular weight excluding hydrogens is 270 g/mol. The largest absolute Gasteiger partial charge is 0.464 e. The molecule has 0 aliphatic heterocycles. The van der Waals surface area contributed by atoms with Crippen LogP contribution in [-0.2, 0) is 16.0 Å². The molecule has 108 valence electrons. The quantitative estimate of drug-likeness (QED) is 0.592. The SMILES string of the molecule is Cc1ccc(C[C@](C)(SC#N)C(=O)OCC(C)C)cc1. The Labute approximate surface area is 125 Å². The Bertz CT molecular complexity index is 490. The molecule has 20 heavy (non-hydrogen) atoms. The molecule has 3 nitrogen and oxygen atoms in total. The summed E-state index contributed by atoms with van der Waals surface area (Å²) in [7, 11) is 0. The molecule has 0 amide bonds. The van der Waals surface area contributed by atoms with E-state index in [9.17, 15) is 4.79 Å². The van der Waals surface area contributed by atoms with Gasteiger partial charge in [-0.15, -0.1) is 0 Å². The van der Waals surface area contributed by atoms with Gasteiger partial charge >= 0.3 is 5.97 Å². The summed E-state index contributed by atoms with van der Waals surface area (Å²) in [5.74, 6) is -0.0343. The lowest BCUT2D eigenvalue weighted by molar-refractivity contribution is -0.147. The Morgan fingerprint density at radius 1 is 1.40 bits per heavy atom. The van der Waals surface area contributed by atoms with Crippen LogP contribution >= 0.6 is 11.8 Å². The molecule has 0 saturated carbocycles. The van der Waals surface area contributed by atoms with Crippen molar-refractivity contribution in [3.63, 3.8) is 0 Å². The van der Waals surface area contributed by atoms with E-state index >= 15 is 0 Å². The van der Waals surface area contributed by atoms with Gasteiger partial charge in [0.1, 0.15) is 10.1 Å². The van der Waals surface area contributed by atoms with Crippen molar-refractivity contribution in [1.82, 2.24) is 0 Å². The van der Waals surface area contributed by atoms with Crippen LogP contribution in [0.25, 0.3) is 0 Å². The molecule has 0 bridgehead atoms. The van der Waals surface area contributed by atoms with Gasteiger partial charge in [-0.25, -0.2) is 0 Å². The second kappa shape index (κ2) is 7.35. The van der Waals surface area contributed by atoms with Crippen LogP contribution in [0.3, 0.4) is 0 Å². The van der Waals surface area contributed by atoms with Crippen molar-refractivity contribution >= 4 is 17.7 Å². The average Bonchev–Trinajstić information content (AvgIpc) is 2.39. The molecule has 0 aliphatic carbocycles. The maximum Gasteiger partial charge on any atom is 0.323 e.